The van der Waals surface area contributed by atoms with Gasteiger partial charge in [0.05, 0.1) is 0 Å². The van der Waals surface area contributed by atoms with Crippen LogP contribution in [0.5, 0.6) is 0 Å². The molecule has 0 unspecified atom stereocenters. The molecule has 0 N–H and O–H groups in total. The van der Waals surface area contributed by atoms with Gasteiger partial charge in [0, 0.05) is 0 Å². The largest absolute Gasteiger partial charge is 1.00 e. The second-order valence-corrected chi connectivity index (χ2v) is 3.70. The summed E-state index contributed by atoms with van der Waals surface area (Å²) in [5.41, 5.74) is 5.51. The van der Waals surface area contributed by atoms with Crippen molar-refractivity contribution in [2.75, 3.05) is 0 Å². The van der Waals surface area contributed by atoms with Crippen LogP contribution in [-0.2, 0) is 0 Å². The van der Waals surface area contributed by atoms with E-state index in [2.05, 4.69) is 50.3 Å². The molecule has 68 valence electrons. The van der Waals surface area contributed by atoms with Crippen molar-refractivity contribution in [3.05, 3.63) is 53.1 Å². The van der Waals surface area contributed by atoms with Gasteiger partial charge in [-0.05, 0) is 31.4 Å². The van der Waals surface area contributed by atoms with Crippen molar-refractivity contribution in [3.8, 4) is 0 Å². The third-order valence-corrected chi connectivity index (χ3v) is 2.36. The maximum atomic E-state index is 2.26. The van der Waals surface area contributed by atoms with Gasteiger partial charge in [-0.25, -0.2) is 0 Å². The zero-order chi connectivity index (χ0) is 9.26. The molecule has 0 radical (unpaired) electrons. The average Bonchev–Trinajstić information content (AvgIpc) is 2.53. The van der Waals surface area contributed by atoms with Gasteiger partial charge in [0.2, 0.25) is 0 Å². The molecular formula is C13H15Na. The SMILES string of the molecule is Cc1cc(C)cc(C2=CC=CC2)c1.[H-].[Na+]. The van der Waals surface area contributed by atoms with Crippen LogP contribution >= 0.6 is 0 Å². The Balaban J connectivity index is 0.000000980. The molecule has 0 spiro atoms. The fourth-order valence-corrected chi connectivity index (χ4v) is 1.82. The van der Waals surface area contributed by atoms with E-state index in [9.17, 15) is 0 Å². The maximum Gasteiger partial charge on any atom is 1.00 e. The van der Waals surface area contributed by atoms with Gasteiger partial charge >= 0.3 is 29.6 Å². The first-order valence-corrected chi connectivity index (χ1v) is 4.70. The van der Waals surface area contributed by atoms with Crippen LogP contribution in [0.15, 0.2) is 36.4 Å². The Morgan fingerprint density at radius 1 is 1.07 bits per heavy atom. The second kappa shape index (κ2) is 4.97. The number of rotatable bonds is 1. The van der Waals surface area contributed by atoms with Gasteiger partial charge in [-0.15, -0.1) is 0 Å². The van der Waals surface area contributed by atoms with Crippen LogP contribution in [-0.4, -0.2) is 0 Å². The molecule has 14 heavy (non-hydrogen) atoms. The molecule has 0 saturated heterocycles. The molecular weight excluding hydrogens is 179 g/mol. The number of hydrogen-bond acceptors (Lipinski definition) is 0. The van der Waals surface area contributed by atoms with E-state index in [1.54, 1.807) is 0 Å². The Morgan fingerprint density at radius 2 is 1.71 bits per heavy atom. The Hall–Kier alpha value is -0.300. The first kappa shape index (κ1) is 11.8. The summed E-state index contributed by atoms with van der Waals surface area (Å²) in [4.78, 5) is 0. The summed E-state index contributed by atoms with van der Waals surface area (Å²) >= 11 is 0. The molecule has 1 aromatic carbocycles. The Kier molecular flexibility index (Phi) is 4.18. The van der Waals surface area contributed by atoms with Crippen molar-refractivity contribution >= 4 is 5.57 Å². The van der Waals surface area contributed by atoms with E-state index in [0.717, 1.165) is 6.42 Å². The molecule has 0 fully saturated rings. The molecule has 0 aliphatic heterocycles. The predicted molar refractivity (Wildman–Crippen MR) is 58.8 cm³/mol. The topological polar surface area (TPSA) is 0 Å². The molecule has 0 aromatic heterocycles. The molecule has 0 atom stereocenters. The average molecular weight is 194 g/mol. The van der Waals surface area contributed by atoms with Crippen LogP contribution in [0.1, 0.15) is 24.5 Å². The van der Waals surface area contributed by atoms with Crippen molar-refractivity contribution in [2.45, 2.75) is 20.3 Å². The van der Waals surface area contributed by atoms with Crippen LogP contribution in [0.4, 0.5) is 0 Å². The minimum atomic E-state index is 0. The molecule has 0 heterocycles. The third-order valence-electron chi connectivity index (χ3n) is 2.36. The normalized spacial score (nSPS) is 13.7. The zero-order valence-electron chi connectivity index (χ0n) is 10.2. The standard InChI is InChI=1S/C13H14.Na.H/c1-10-7-11(2)9-13(8-10)12-5-3-4-6-12;;/h3-5,7-9H,6H2,1-2H3;;/q;+1;-1. The zero-order valence-corrected chi connectivity index (χ0v) is 11.2. The van der Waals surface area contributed by atoms with Gasteiger partial charge in [0.15, 0.2) is 0 Å². The molecule has 1 heteroatoms. The van der Waals surface area contributed by atoms with E-state index in [1.807, 2.05) is 0 Å². The summed E-state index contributed by atoms with van der Waals surface area (Å²) in [7, 11) is 0. The van der Waals surface area contributed by atoms with Gasteiger partial charge in [0.25, 0.3) is 0 Å². The second-order valence-electron chi connectivity index (χ2n) is 3.70. The Morgan fingerprint density at radius 3 is 2.21 bits per heavy atom. The molecule has 0 bridgehead atoms. The molecule has 1 aliphatic carbocycles. The van der Waals surface area contributed by atoms with Crippen LogP contribution in [0, 0.1) is 13.8 Å². The fraction of sp³-hybridized carbons (Fsp3) is 0.231. The van der Waals surface area contributed by atoms with Crippen LogP contribution in [0.2, 0.25) is 0 Å². The minimum Gasteiger partial charge on any atom is -1.00 e. The number of allylic oxidation sites excluding steroid dienone is 4. The van der Waals surface area contributed by atoms with Crippen molar-refractivity contribution in [3.63, 3.8) is 0 Å². The van der Waals surface area contributed by atoms with Gasteiger partial charge in [-0.3, -0.25) is 0 Å². The first-order chi connectivity index (χ1) is 6.25. The third kappa shape index (κ3) is 2.60. The smallest absolute Gasteiger partial charge is 1.00 e. The maximum absolute atomic E-state index is 2.26. The van der Waals surface area contributed by atoms with Crippen molar-refractivity contribution in [1.29, 1.82) is 0 Å². The number of benzene rings is 1. The Labute approximate surface area is 109 Å². The van der Waals surface area contributed by atoms with Gasteiger partial charge in [-0.2, -0.15) is 0 Å². The van der Waals surface area contributed by atoms with E-state index < -0.39 is 0 Å². The fourth-order valence-electron chi connectivity index (χ4n) is 1.82. The first-order valence-electron chi connectivity index (χ1n) is 4.70. The van der Waals surface area contributed by atoms with E-state index >= 15 is 0 Å². The molecule has 2 rings (SSSR count). The molecule has 1 aromatic rings. The van der Waals surface area contributed by atoms with Crippen molar-refractivity contribution < 1.29 is 31.0 Å². The number of hydrogen-bond donors (Lipinski definition) is 0. The van der Waals surface area contributed by atoms with E-state index in [1.165, 1.54) is 22.3 Å². The van der Waals surface area contributed by atoms with Gasteiger partial charge in [-0.1, -0.05) is 47.6 Å². The molecule has 0 amide bonds. The minimum absolute atomic E-state index is 0. The number of aryl methyl sites for hydroxylation is 2. The summed E-state index contributed by atoms with van der Waals surface area (Å²) in [6.07, 6.45) is 7.62. The van der Waals surface area contributed by atoms with Crippen LogP contribution in [0.3, 0.4) is 0 Å². The van der Waals surface area contributed by atoms with Gasteiger partial charge in [0.1, 0.15) is 0 Å². The van der Waals surface area contributed by atoms with E-state index in [-0.39, 0.29) is 31.0 Å². The quantitative estimate of drug-likeness (QED) is 0.579. The molecule has 0 saturated carbocycles. The van der Waals surface area contributed by atoms with Crippen molar-refractivity contribution in [1.82, 2.24) is 0 Å². The van der Waals surface area contributed by atoms with Crippen molar-refractivity contribution in [2.24, 2.45) is 0 Å². The summed E-state index contributed by atoms with van der Waals surface area (Å²) in [5.74, 6) is 0. The Bertz CT molecular complexity index is 371. The summed E-state index contributed by atoms with van der Waals surface area (Å²) < 4.78 is 0. The van der Waals surface area contributed by atoms with E-state index in [4.69, 9.17) is 0 Å². The van der Waals surface area contributed by atoms with E-state index in [0.29, 0.717) is 0 Å². The summed E-state index contributed by atoms with van der Waals surface area (Å²) in [6, 6.07) is 6.73. The van der Waals surface area contributed by atoms with Crippen LogP contribution < -0.4 is 29.6 Å². The summed E-state index contributed by atoms with van der Waals surface area (Å²) in [6.45, 7) is 4.30. The molecule has 1 aliphatic rings. The molecule has 0 nitrogen and oxygen atoms in total. The monoisotopic (exact) mass is 194 g/mol. The van der Waals surface area contributed by atoms with Gasteiger partial charge < -0.3 is 1.43 Å². The predicted octanol–water partition coefficient (Wildman–Crippen LogP) is 0.763. The van der Waals surface area contributed by atoms with Crippen LogP contribution in [0.25, 0.3) is 5.57 Å². The summed E-state index contributed by atoms with van der Waals surface area (Å²) in [5, 5.41) is 0.